The van der Waals surface area contributed by atoms with Crippen molar-refractivity contribution in [1.29, 1.82) is 0 Å². The van der Waals surface area contributed by atoms with Crippen LogP contribution in [-0.2, 0) is 17.2 Å². The van der Waals surface area contributed by atoms with Gasteiger partial charge in [-0.25, -0.2) is 0 Å². The summed E-state index contributed by atoms with van der Waals surface area (Å²) in [5.74, 6) is 1.50. The largest absolute Gasteiger partial charge is 0.314 e. The maximum Gasteiger partial charge on any atom is 0.0362 e. The van der Waals surface area contributed by atoms with Crippen molar-refractivity contribution in [2.45, 2.75) is 63.7 Å². The molecule has 124 valence electrons. The number of hydrogen-bond donors (Lipinski definition) is 1. The zero-order chi connectivity index (χ0) is 15.8. The van der Waals surface area contributed by atoms with Crippen LogP contribution < -0.4 is 5.32 Å². The van der Waals surface area contributed by atoms with Crippen LogP contribution in [0.1, 0.15) is 51.5 Å². The molecule has 1 aromatic carbocycles. The molecule has 0 spiro atoms. The highest BCUT2D eigenvalue weighted by Gasteiger charge is 2.25. The molecule has 0 heterocycles. The molecule has 0 bridgehead atoms. The van der Waals surface area contributed by atoms with Crippen LogP contribution in [0.15, 0.2) is 30.3 Å². The van der Waals surface area contributed by atoms with Gasteiger partial charge in [0.25, 0.3) is 0 Å². The van der Waals surface area contributed by atoms with Gasteiger partial charge in [-0.05, 0) is 50.1 Å². The van der Waals surface area contributed by atoms with E-state index in [0.29, 0.717) is 17.2 Å². The van der Waals surface area contributed by atoms with Gasteiger partial charge in [-0.2, -0.15) is 0 Å². The zero-order valence-corrected chi connectivity index (χ0v) is 14.9. The van der Waals surface area contributed by atoms with Crippen molar-refractivity contribution in [3.63, 3.8) is 0 Å². The maximum atomic E-state index is 12.0. The van der Waals surface area contributed by atoms with Crippen molar-refractivity contribution < 1.29 is 4.21 Å². The van der Waals surface area contributed by atoms with Crippen LogP contribution in [0, 0.1) is 5.92 Å². The Morgan fingerprint density at radius 3 is 2.77 bits per heavy atom. The molecular weight excluding hydrogens is 290 g/mol. The zero-order valence-electron chi connectivity index (χ0n) is 14.1. The molecule has 1 fully saturated rings. The number of rotatable bonds is 8. The molecule has 3 heteroatoms. The van der Waals surface area contributed by atoms with E-state index in [1.807, 2.05) is 6.92 Å². The van der Waals surface area contributed by atoms with Crippen LogP contribution in [0.5, 0.6) is 0 Å². The normalized spacial score (nSPS) is 24.8. The van der Waals surface area contributed by atoms with E-state index >= 15 is 0 Å². The highest BCUT2D eigenvalue weighted by Crippen LogP contribution is 2.23. The fourth-order valence-electron chi connectivity index (χ4n) is 3.33. The summed E-state index contributed by atoms with van der Waals surface area (Å²) in [6.45, 7) is 5.46. The lowest BCUT2D eigenvalue weighted by Crippen LogP contribution is -2.39. The third kappa shape index (κ3) is 5.85. The van der Waals surface area contributed by atoms with Crippen molar-refractivity contribution in [2.24, 2.45) is 5.92 Å². The van der Waals surface area contributed by atoms with E-state index < -0.39 is 10.8 Å². The first-order chi connectivity index (χ1) is 10.7. The van der Waals surface area contributed by atoms with E-state index in [1.165, 1.54) is 24.8 Å². The molecule has 0 unspecified atom stereocenters. The number of hydrogen-bond acceptors (Lipinski definition) is 2. The first-order valence-electron chi connectivity index (χ1n) is 8.83. The van der Waals surface area contributed by atoms with Crippen LogP contribution in [0.4, 0.5) is 0 Å². The molecule has 1 aliphatic carbocycles. The maximum absolute atomic E-state index is 12.0. The van der Waals surface area contributed by atoms with E-state index in [-0.39, 0.29) is 0 Å². The third-order valence-electron chi connectivity index (χ3n) is 4.81. The van der Waals surface area contributed by atoms with E-state index in [0.717, 1.165) is 31.6 Å². The molecule has 1 aliphatic rings. The Morgan fingerprint density at radius 1 is 1.27 bits per heavy atom. The highest BCUT2D eigenvalue weighted by molar-refractivity contribution is 7.85. The molecule has 4 atom stereocenters. The fraction of sp³-hybridized carbons (Fsp3) is 0.684. The summed E-state index contributed by atoms with van der Waals surface area (Å²) >= 11 is 0. The van der Waals surface area contributed by atoms with Crippen molar-refractivity contribution in [3.8, 4) is 0 Å². The minimum atomic E-state index is -0.617. The molecule has 0 amide bonds. The van der Waals surface area contributed by atoms with E-state index in [2.05, 4.69) is 42.6 Å². The summed E-state index contributed by atoms with van der Waals surface area (Å²) < 4.78 is 12.0. The van der Waals surface area contributed by atoms with Crippen molar-refractivity contribution in [2.75, 3.05) is 12.3 Å². The lowest BCUT2D eigenvalue weighted by molar-refractivity contribution is 0.350. The van der Waals surface area contributed by atoms with Gasteiger partial charge in [0.05, 0.1) is 0 Å². The van der Waals surface area contributed by atoms with Crippen LogP contribution in [0.25, 0.3) is 0 Å². The SMILES string of the molecule is CC[S@](=O)[C@@H]1CCC[C@@H](NC[C@@H](C)CCc2ccccc2)C1. The van der Waals surface area contributed by atoms with Gasteiger partial charge in [0, 0.05) is 27.8 Å². The topological polar surface area (TPSA) is 29.1 Å². The Kier molecular flexibility index (Phi) is 7.61. The van der Waals surface area contributed by atoms with Gasteiger partial charge >= 0.3 is 0 Å². The first kappa shape index (κ1) is 17.7. The molecule has 2 nitrogen and oxygen atoms in total. The molecule has 0 saturated heterocycles. The second kappa shape index (κ2) is 9.46. The Labute approximate surface area is 138 Å². The van der Waals surface area contributed by atoms with Crippen molar-refractivity contribution >= 4 is 10.8 Å². The Morgan fingerprint density at radius 2 is 2.05 bits per heavy atom. The van der Waals surface area contributed by atoms with Crippen LogP contribution >= 0.6 is 0 Å². The van der Waals surface area contributed by atoms with E-state index in [4.69, 9.17) is 0 Å². The lowest BCUT2D eigenvalue weighted by atomic mass is 9.94. The molecule has 22 heavy (non-hydrogen) atoms. The van der Waals surface area contributed by atoms with Gasteiger partial charge in [0.1, 0.15) is 0 Å². The van der Waals surface area contributed by atoms with Crippen LogP contribution in [-0.4, -0.2) is 27.8 Å². The Balaban J connectivity index is 1.67. The molecule has 0 aromatic heterocycles. The average molecular weight is 322 g/mol. The number of nitrogens with one attached hydrogen (secondary N) is 1. The van der Waals surface area contributed by atoms with E-state index in [1.54, 1.807) is 0 Å². The molecule has 0 aliphatic heterocycles. The van der Waals surface area contributed by atoms with Crippen molar-refractivity contribution in [1.82, 2.24) is 5.32 Å². The Hall–Kier alpha value is -0.670. The molecule has 1 aromatic rings. The van der Waals surface area contributed by atoms with Gasteiger partial charge in [-0.1, -0.05) is 50.6 Å². The summed E-state index contributed by atoms with van der Waals surface area (Å²) in [5, 5.41) is 4.16. The molecule has 0 radical (unpaired) electrons. The van der Waals surface area contributed by atoms with Gasteiger partial charge in [-0.15, -0.1) is 0 Å². The molecular formula is C19H31NOS. The number of aryl methyl sites for hydroxylation is 1. The summed E-state index contributed by atoms with van der Waals surface area (Å²) in [4.78, 5) is 0. The lowest BCUT2D eigenvalue weighted by Gasteiger charge is -2.30. The summed E-state index contributed by atoms with van der Waals surface area (Å²) in [6, 6.07) is 11.3. The number of benzene rings is 1. The monoisotopic (exact) mass is 321 g/mol. The quantitative estimate of drug-likeness (QED) is 0.786. The second-order valence-corrected chi connectivity index (χ2v) is 8.70. The van der Waals surface area contributed by atoms with E-state index in [9.17, 15) is 4.21 Å². The summed E-state index contributed by atoms with van der Waals surface area (Å²) in [6.07, 6.45) is 7.13. The summed E-state index contributed by atoms with van der Waals surface area (Å²) in [7, 11) is -0.617. The van der Waals surface area contributed by atoms with Crippen LogP contribution in [0.3, 0.4) is 0 Å². The third-order valence-corrected chi connectivity index (χ3v) is 6.55. The first-order valence-corrected chi connectivity index (χ1v) is 10.2. The Bertz CT molecular complexity index is 448. The van der Waals surface area contributed by atoms with Gasteiger partial charge in [-0.3, -0.25) is 4.21 Å². The summed E-state index contributed by atoms with van der Waals surface area (Å²) in [5.41, 5.74) is 1.44. The highest BCUT2D eigenvalue weighted by atomic mass is 32.2. The fourth-order valence-corrected chi connectivity index (χ4v) is 4.68. The molecule has 2 rings (SSSR count). The van der Waals surface area contributed by atoms with Crippen molar-refractivity contribution in [3.05, 3.63) is 35.9 Å². The van der Waals surface area contributed by atoms with Crippen LogP contribution in [0.2, 0.25) is 0 Å². The van der Waals surface area contributed by atoms with Gasteiger partial charge in [0.15, 0.2) is 0 Å². The second-order valence-electron chi connectivity index (χ2n) is 6.69. The van der Waals surface area contributed by atoms with Gasteiger partial charge < -0.3 is 5.32 Å². The predicted molar refractivity (Wildman–Crippen MR) is 96.7 cm³/mol. The minimum Gasteiger partial charge on any atom is -0.314 e. The molecule has 1 saturated carbocycles. The minimum absolute atomic E-state index is 0.427. The molecule has 1 N–H and O–H groups in total. The smallest absolute Gasteiger partial charge is 0.0362 e. The standard InChI is InChI=1S/C19H31NOS/c1-3-22(21)19-11-7-10-18(14-19)20-15-16(2)12-13-17-8-5-4-6-9-17/h4-6,8-9,16,18-20H,3,7,10-15H2,1-2H3/t16-,18+,19+,22-/m0/s1. The van der Waals surface area contributed by atoms with Gasteiger partial charge in [0.2, 0.25) is 0 Å². The predicted octanol–water partition coefficient (Wildman–Crippen LogP) is 3.92. The average Bonchev–Trinajstić information content (AvgIpc) is 2.58.